The summed E-state index contributed by atoms with van der Waals surface area (Å²) in [4.78, 5) is 2.54. The predicted molar refractivity (Wildman–Crippen MR) is 76.4 cm³/mol. The molecule has 1 rings (SSSR count). The third-order valence-corrected chi connectivity index (χ3v) is 3.57. The van der Waals surface area contributed by atoms with Crippen LogP contribution in [0.1, 0.15) is 25.7 Å². The van der Waals surface area contributed by atoms with Gasteiger partial charge in [0.25, 0.3) is 0 Å². The Kier molecular flexibility index (Phi) is 10.3. The topological polar surface area (TPSA) is 57.0 Å². The van der Waals surface area contributed by atoms with Gasteiger partial charge in [-0.25, -0.2) is 0 Å². The molecule has 2 N–H and O–H groups in total. The van der Waals surface area contributed by atoms with Crippen molar-refractivity contribution in [2.75, 3.05) is 59.8 Å². The molecular weight excluding hydrogens is 244 g/mol. The molecule has 19 heavy (non-hydrogen) atoms. The Morgan fingerprint density at radius 1 is 1.11 bits per heavy atom. The first-order chi connectivity index (χ1) is 9.38. The van der Waals surface area contributed by atoms with E-state index in [4.69, 9.17) is 19.9 Å². The highest BCUT2D eigenvalue weighted by Crippen LogP contribution is 2.20. The largest absolute Gasteiger partial charge is 0.382 e. The van der Waals surface area contributed by atoms with Gasteiger partial charge in [0.05, 0.1) is 33.0 Å². The number of nitrogens with zero attached hydrogens (tertiary/aromatic N) is 1. The van der Waals surface area contributed by atoms with Crippen molar-refractivity contribution in [3.8, 4) is 0 Å². The zero-order valence-corrected chi connectivity index (χ0v) is 12.3. The molecule has 0 aromatic carbocycles. The number of ether oxygens (including phenoxy) is 3. The molecule has 1 unspecified atom stereocenters. The van der Waals surface area contributed by atoms with Gasteiger partial charge in [-0.15, -0.1) is 0 Å². The van der Waals surface area contributed by atoms with E-state index in [-0.39, 0.29) is 0 Å². The number of hydrogen-bond donors (Lipinski definition) is 1. The molecule has 0 aliphatic carbocycles. The van der Waals surface area contributed by atoms with Crippen molar-refractivity contribution >= 4 is 0 Å². The second-order valence-electron chi connectivity index (χ2n) is 4.98. The van der Waals surface area contributed by atoms with E-state index in [0.29, 0.717) is 26.4 Å². The van der Waals surface area contributed by atoms with Gasteiger partial charge < -0.3 is 19.9 Å². The molecule has 0 spiro atoms. The second kappa shape index (κ2) is 11.6. The number of likely N-dealkylation sites (tertiary alicyclic amines) is 1. The van der Waals surface area contributed by atoms with E-state index in [9.17, 15) is 0 Å². The summed E-state index contributed by atoms with van der Waals surface area (Å²) in [6, 6.07) is 0.727. The molecule has 1 heterocycles. The lowest BCUT2D eigenvalue weighted by Gasteiger charge is -2.24. The van der Waals surface area contributed by atoms with Crippen molar-refractivity contribution in [2.45, 2.75) is 31.7 Å². The van der Waals surface area contributed by atoms with Gasteiger partial charge in [0.15, 0.2) is 0 Å². The van der Waals surface area contributed by atoms with Crippen LogP contribution in [0.25, 0.3) is 0 Å². The van der Waals surface area contributed by atoms with Crippen molar-refractivity contribution < 1.29 is 14.2 Å². The molecular formula is C14H30N2O3. The van der Waals surface area contributed by atoms with E-state index in [1.165, 1.54) is 25.8 Å². The summed E-state index contributed by atoms with van der Waals surface area (Å²) in [5.41, 5.74) is 5.58. The summed E-state index contributed by atoms with van der Waals surface area (Å²) < 4.78 is 15.8. The number of nitrogens with two attached hydrogens (primary N) is 1. The fraction of sp³-hybridized carbons (Fsp3) is 1.00. The number of methoxy groups -OCH3 is 1. The van der Waals surface area contributed by atoms with Gasteiger partial charge >= 0.3 is 0 Å². The number of rotatable bonds is 12. The lowest BCUT2D eigenvalue weighted by molar-refractivity contribution is 0.0185. The van der Waals surface area contributed by atoms with E-state index in [1.807, 2.05) is 0 Å². The average molecular weight is 274 g/mol. The van der Waals surface area contributed by atoms with Gasteiger partial charge in [-0.2, -0.15) is 0 Å². The Labute approximate surface area is 117 Å². The van der Waals surface area contributed by atoms with Gasteiger partial charge in [0.2, 0.25) is 0 Å². The second-order valence-corrected chi connectivity index (χ2v) is 4.98. The minimum atomic E-state index is 0.646. The molecule has 1 saturated heterocycles. The van der Waals surface area contributed by atoms with Crippen molar-refractivity contribution in [3.05, 3.63) is 0 Å². The molecule has 114 valence electrons. The van der Waals surface area contributed by atoms with Gasteiger partial charge in [-0.3, -0.25) is 4.90 Å². The van der Waals surface area contributed by atoms with Crippen LogP contribution in [0.15, 0.2) is 0 Å². The van der Waals surface area contributed by atoms with Gasteiger partial charge in [-0.05, 0) is 38.8 Å². The minimum Gasteiger partial charge on any atom is -0.382 e. The molecule has 1 atom stereocenters. The van der Waals surface area contributed by atoms with Crippen LogP contribution in [-0.4, -0.2) is 70.7 Å². The SMILES string of the molecule is COCCOCCOCCN1CCCC1CCCN. The normalized spacial score (nSPS) is 20.2. The summed E-state index contributed by atoms with van der Waals surface area (Å²) in [6.07, 6.45) is 5.00. The maximum atomic E-state index is 5.60. The summed E-state index contributed by atoms with van der Waals surface area (Å²) in [5.74, 6) is 0. The molecule has 5 heteroatoms. The van der Waals surface area contributed by atoms with Gasteiger partial charge in [-0.1, -0.05) is 0 Å². The smallest absolute Gasteiger partial charge is 0.0701 e. The average Bonchev–Trinajstić information content (AvgIpc) is 2.87. The van der Waals surface area contributed by atoms with E-state index < -0.39 is 0 Å². The first-order valence-electron chi connectivity index (χ1n) is 7.47. The number of hydrogen-bond acceptors (Lipinski definition) is 5. The lowest BCUT2D eigenvalue weighted by Crippen LogP contribution is -2.33. The lowest BCUT2D eigenvalue weighted by atomic mass is 10.1. The Balaban J connectivity index is 1.93. The molecule has 0 saturated carbocycles. The first kappa shape index (κ1) is 16.9. The maximum Gasteiger partial charge on any atom is 0.0701 e. The predicted octanol–water partition coefficient (Wildman–Crippen LogP) is 0.869. The van der Waals surface area contributed by atoms with E-state index in [0.717, 1.165) is 32.2 Å². The van der Waals surface area contributed by atoms with E-state index in [2.05, 4.69) is 4.90 Å². The van der Waals surface area contributed by atoms with Gasteiger partial charge in [0.1, 0.15) is 0 Å². The van der Waals surface area contributed by atoms with Crippen LogP contribution >= 0.6 is 0 Å². The monoisotopic (exact) mass is 274 g/mol. The van der Waals surface area contributed by atoms with Crippen molar-refractivity contribution in [1.82, 2.24) is 4.90 Å². The Hall–Kier alpha value is -0.200. The Morgan fingerprint density at radius 3 is 2.58 bits per heavy atom. The zero-order valence-electron chi connectivity index (χ0n) is 12.3. The first-order valence-corrected chi connectivity index (χ1v) is 7.47. The Bertz CT molecular complexity index is 205. The summed E-state index contributed by atoms with van der Waals surface area (Å²) >= 11 is 0. The quantitative estimate of drug-likeness (QED) is 0.535. The van der Waals surface area contributed by atoms with Crippen LogP contribution in [0.4, 0.5) is 0 Å². The highest BCUT2D eigenvalue weighted by molar-refractivity contribution is 4.78. The van der Waals surface area contributed by atoms with Crippen LogP contribution in [0.2, 0.25) is 0 Å². The van der Waals surface area contributed by atoms with E-state index >= 15 is 0 Å². The molecule has 1 aliphatic heterocycles. The van der Waals surface area contributed by atoms with E-state index in [1.54, 1.807) is 7.11 Å². The third-order valence-electron chi connectivity index (χ3n) is 3.57. The van der Waals surface area contributed by atoms with Crippen molar-refractivity contribution in [2.24, 2.45) is 5.73 Å². The minimum absolute atomic E-state index is 0.646. The zero-order chi connectivity index (χ0) is 13.8. The summed E-state index contributed by atoms with van der Waals surface area (Å²) in [6.45, 7) is 6.47. The van der Waals surface area contributed by atoms with Crippen LogP contribution in [0, 0.1) is 0 Å². The highest BCUT2D eigenvalue weighted by Gasteiger charge is 2.23. The molecule has 1 aliphatic rings. The molecule has 0 radical (unpaired) electrons. The molecule has 0 aromatic rings. The molecule has 0 amide bonds. The Morgan fingerprint density at radius 2 is 1.84 bits per heavy atom. The van der Waals surface area contributed by atoms with Crippen LogP contribution < -0.4 is 5.73 Å². The maximum absolute atomic E-state index is 5.60. The molecule has 0 bridgehead atoms. The fourth-order valence-corrected chi connectivity index (χ4v) is 2.52. The van der Waals surface area contributed by atoms with Crippen molar-refractivity contribution in [1.29, 1.82) is 0 Å². The van der Waals surface area contributed by atoms with Crippen LogP contribution in [-0.2, 0) is 14.2 Å². The highest BCUT2D eigenvalue weighted by atomic mass is 16.5. The molecule has 5 nitrogen and oxygen atoms in total. The van der Waals surface area contributed by atoms with Crippen LogP contribution in [0.3, 0.4) is 0 Å². The fourth-order valence-electron chi connectivity index (χ4n) is 2.52. The van der Waals surface area contributed by atoms with Gasteiger partial charge in [0, 0.05) is 19.7 Å². The molecule has 1 fully saturated rings. The molecule has 0 aromatic heterocycles. The summed E-state index contributed by atoms with van der Waals surface area (Å²) in [7, 11) is 1.68. The third kappa shape index (κ3) is 7.84. The standard InChI is InChI=1S/C14H30N2O3/c1-17-10-11-19-13-12-18-9-8-16-7-3-5-14(16)4-2-6-15/h14H,2-13,15H2,1H3. The summed E-state index contributed by atoms with van der Waals surface area (Å²) in [5, 5.41) is 0. The van der Waals surface area contributed by atoms with Crippen molar-refractivity contribution in [3.63, 3.8) is 0 Å². The van der Waals surface area contributed by atoms with Crippen LogP contribution in [0.5, 0.6) is 0 Å².